The monoisotopic (exact) mass is 498 g/mol. The topological polar surface area (TPSA) is 104 Å². The highest BCUT2D eigenvalue weighted by molar-refractivity contribution is 6.53. The van der Waals surface area contributed by atoms with Crippen molar-refractivity contribution in [1.29, 1.82) is 0 Å². The molecule has 6 unspecified atom stereocenters. The zero-order valence-electron chi connectivity index (χ0n) is 18.0. The van der Waals surface area contributed by atoms with Crippen LogP contribution < -0.4 is 5.32 Å². The Balaban J connectivity index is 1.68. The largest absolute Gasteiger partial charge is 0.508 e. The highest BCUT2D eigenvalue weighted by Crippen LogP contribution is 2.66. The number of nitrogens with one attached hydrogen (secondary N) is 1. The molecule has 4 aliphatic rings. The van der Waals surface area contributed by atoms with Crippen molar-refractivity contribution in [2.24, 2.45) is 17.8 Å². The molecule has 0 aromatic heterocycles. The minimum Gasteiger partial charge on any atom is -0.508 e. The number of halogens is 2. The van der Waals surface area contributed by atoms with E-state index in [1.807, 2.05) is 30.3 Å². The molecule has 0 radical (unpaired) electrons. The third kappa shape index (κ3) is 2.39. The lowest BCUT2D eigenvalue weighted by atomic mass is 9.56. The van der Waals surface area contributed by atoms with Crippen molar-refractivity contribution in [3.05, 3.63) is 53.6 Å². The van der Waals surface area contributed by atoms with Crippen LogP contribution in [0, 0.1) is 17.8 Å². The Morgan fingerprint density at radius 2 is 1.74 bits per heavy atom. The molecular weight excluding hydrogens is 479 g/mol. The van der Waals surface area contributed by atoms with E-state index in [4.69, 9.17) is 23.2 Å². The maximum Gasteiger partial charge on any atom is 0.253 e. The molecule has 1 saturated carbocycles. The first kappa shape index (κ1) is 21.6. The van der Waals surface area contributed by atoms with E-state index in [9.17, 15) is 24.3 Å². The molecule has 7 nitrogen and oxygen atoms in total. The summed E-state index contributed by atoms with van der Waals surface area (Å²) in [4.78, 5) is 49.3. The molecule has 2 aliphatic heterocycles. The van der Waals surface area contributed by atoms with Gasteiger partial charge in [-0.2, -0.15) is 0 Å². The van der Waals surface area contributed by atoms with Gasteiger partial charge in [0.15, 0.2) is 9.75 Å². The van der Waals surface area contributed by atoms with E-state index in [1.54, 1.807) is 6.07 Å². The number of phenols is 1. The third-order valence-electron chi connectivity index (χ3n) is 8.09. The minimum absolute atomic E-state index is 0.0668. The smallest absolute Gasteiger partial charge is 0.253 e. The number of alkyl halides is 2. The molecule has 2 aliphatic carbocycles. The van der Waals surface area contributed by atoms with Gasteiger partial charge in [0, 0.05) is 18.5 Å². The Labute approximate surface area is 204 Å². The van der Waals surface area contributed by atoms with Crippen LogP contribution >= 0.6 is 23.2 Å². The van der Waals surface area contributed by atoms with Crippen LogP contribution in [0.15, 0.2) is 48.0 Å². The van der Waals surface area contributed by atoms with Gasteiger partial charge in [-0.25, -0.2) is 0 Å². The summed E-state index contributed by atoms with van der Waals surface area (Å²) in [6, 6.07) is 10.6. The number of aromatic hydroxyl groups is 1. The fourth-order valence-electron chi connectivity index (χ4n) is 6.56. The minimum atomic E-state index is -1.92. The van der Waals surface area contributed by atoms with Gasteiger partial charge in [-0.05, 0) is 35.6 Å². The number of amides is 4. The van der Waals surface area contributed by atoms with Gasteiger partial charge in [0.2, 0.25) is 11.8 Å². The Kier molecular flexibility index (Phi) is 4.34. The van der Waals surface area contributed by atoms with Crippen molar-refractivity contribution in [1.82, 2.24) is 10.2 Å². The number of carbonyl (C=O) groups excluding carboxylic acids is 4. The van der Waals surface area contributed by atoms with Crippen molar-refractivity contribution >= 4 is 57.6 Å². The Morgan fingerprint density at radius 3 is 2.50 bits per heavy atom. The highest BCUT2D eigenvalue weighted by atomic mass is 35.5. The summed E-state index contributed by atoms with van der Waals surface area (Å²) in [7, 11) is 1.34. The summed E-state index contributed by atoms with van der Waals surface area (Å²) in [5, 5.41) is 15.0. The number of nitrogens with zero attached hydrogens (tertiary/aromatic N) is 1. The van der Waals surface area contributed by atoms with E-state index < -0.39 is 51.1 Å². The van der Waals surface area contributed by atoms with Gasteiger partial charge in [-0.1, -0.05) is 42.0 Å². The van der Waals surface area contributed by atoms with Crippen molar-refractivity contribution in [2.45, 2.75) is 28.5 Å². The van der Waals surface area contributed by atoms with E-state index in [-0.39, 0.29) is 24.5 Å². The van der Waals surface area contributed by atoms with Crippen LogP contribution in [0.1, 0.15) is 24.3 Å². The molecular formula is C25H20Cl2N2O5. The lowest BCUT2D eigenvalue weighted by molar-refractivity contribution is -0.138. The summed E-state index contributed by atoms with van der Waals surface area (Å²) in [6.45, 7) is 0. The van der Waals surface area contributed by atoms with Crippen LogP contribution in [0.2, 0.25) is 0 Å². The second-order valence-corrected chi connectivity index (χ2v) is 10.8. The molecule has 0 spiro atoms. The molecule has 4 amide bonds. The van der Waals surface area contributed by atoms with Crippen molar-refractivity contribution in [2.75, 3.05) is 7.05 Å². The summed E-state index contributed by atoms with van der Waals surface area (Å²) >= 11 is 14.2. The number of hydrogen-bond acceptors (Lipinski definition) is 5. The fraction of sp³-hybridized carbons (Fsp3) is 0.360. The Hall–Kier alpha value is -2.90. The van der Waals surface area contributed by atoms with Crippen molar-refractivity contribution in [3.8, 4) is 5.75 Å². The number of carbonyl (C=O) groups is 4. The molecule has 2 saturated heterocycles. The fourth-order valence-corrected chi connectivity index (χ4v) is 7.56. The normalized spacial score (nSPS) is 36.8. The van der Waals surface area contributed by atoms with Crippen LogP contribution in [0.5, 0.6) is 5.75 Å². The predicted molar refractivity (Wildman–Crippen MR) is 124 cm³/mol. The molecule has 174 valence electrons. The molecule has 2 aromatic carbocycles. The number of allylic oxidation sites excluding steroid dienone is 2. The van der Waals surface area contributed by atoms with Gasteiger partial charge in [-0.15, -0.1) is 23.2 Å². The van der Waals surface area contributed by atoms with E-state index in [0.717, 1.165) is 10.3 Å². The van der Waals surface area contributed by atoms with Gasteiger partial charge in [0.25, 0.3) is 11.8 Å². The van der Waals surface area contributed by atoms with Gasteiger partial charge in [0.05, 0.1) is 11.8 Å². The molecule has 0 bridgehead atoms. The number of hydrogen-bond donors (Lipinski definition) is 2. The lowest BCUT2D eigenvalue weighted by Gasteiger charge is -2.51. The van der Waals surface area contributed by atoms with E-state index in [1.165, 1.54) is 13.1 Å². The standard InChI is InChI=1S/C25H20Cl2N2O5/c1-29-22(33)24(26)10-15-13(7-8-14-17(15)21(32)28-20(14)31)19(25(24,27)23(29)34)18-12-5-3-2-4-11(12)6-9-16(18)30/h2-7,9,14-15,17,19,30H,8,10H2,1H3,(H,28,31,32). The zero-order valence-corrected chi connectivity index (χ0v) is 19.6. The molecule has 2 heterocycles. The number of likely N-dealkylation sites (tertiary alicyclic amines) is 1. The maximum absolute atomic E-state index is 13.6. The average Bonchev–Trinajstić information content (AvgIpc) is 3.18. The second kappa shape index (κ2) is 6.83. The molecule has 9 heteroatoms. The van der Waals surface area contributed by atoms with Crippen molar-refractivity contribution < 1.29 is 24.3 Å². The molecule has 6 atom stereocenters. The SMILES string of the molecule is CN1C(=O)C2(Cl)CC3C(=CCC4C(=O)NC(=O)C43)C(c3c(O)ccc4ccccc34)C2(Cl)C1=O. The lowest BCUT2D eigenvalue weighted by Crippen LogP contribution is -2.60. The molecule has 2 N–H and O–H groups in total. The molecule has 3 fully saturated rings. The quantitative estimate of drug-likeness (QED) is 0.357. The first-order chi connectivity index (χ1) is 16.1. The van der Waals surface area contributed by atoms with Gasteiger partial charge < -0.3 is 5.11 Å². The third-order valence-corrected chi connectivity index (χ3v) is 9.51. The first-order valence-electron chi connectivity index (χ1n) is 11.1. The predicted octanol–water partition coefficient (Wildman–Crippen LogP) is 2.82. The van der Waals surface area contributed by atoms with Gasteiger partial charge in [-0.3, -0.25) is 29.4 Å². The van der Waals surface area contributed by atoms with E-state index in [0.29, 0.717) is 16.5 Å². The van der Waals surface area contributed by atoms with Gasteiger partial charge in [0.1, 0.15) is 5.75 Å². The maximum atomic E-state index is 13.6. The van der Waals surface area contributed by atoms with Crippen LogP contribution in [-0.4, -0.2) is 50.4 Å². The Bertz CT molecular complexity index is 1370. The van der Waals surface area contributed by atoms with E-state index in [2.05, 4.69) is 5.32 Å². The highest BCUT2D eigenvalue weighted by Gasteiger charge is 2.75. The number of fused-ring (bicyclic) bond motifs is 5. The summed E-state index contributed by atoms with van der Waals surface area (Å²) in [6.07, 6.45) is 2.06. The summed E-state index contributed by atoms with van der Waals surface area (Å²) < 4.78 is 0. The van der Waals surface area contributed by atoms with E-state index >= 15 is 0 Å². The molecule has 34 heavy (non-hydrogen) atoms. The first-order valence-corrected chi connectivity index (χ1v) is 11.8. The van der Waals surface area contributed by atoms with Crippen LogP contribution in [0.3, 0.4) is 0 Å². The van der Waals surface area contributed by atoms with Gasteiger partial charge >= 0.3 is 0 Å². The number of benzene rings is 2. The zero-order chi connectivity index (χ0) is 24.2. The molecule has 2 aromatic rings. The summed E-state index contributed by atoms with van der Waals surface area (Å²) in [5.41, 5.74) is 1.04. The van der Waals surface area contributed by atoms with Crippen LogP contribution in [-0.2, 0) is 19.2 Å². The average molecular weight is 499 g/mol. The van der Waals surface area contributed by atoms with Crippen LogP contribution in [0.25, 0.3) is 10.8 Å². The number of phenolic OH excluding ortho intramolecular Hbond substituents is 1. The number of imide groups is 2. The van der Waals surface area contributed by atoms with Crippen LogP contribution in [0.4, 0.5) is 0 Å². The number of rotatable bonds is 1. The Morgan fingerprint density at radius 1 is 1.00 bits per heavy atom. The van der Waals surface area contributed by atoms with Crippen molar-refractivity contribution in [3.63, 3.8) is 0 Å². The second-order valence-electron chi connectivity index (χ2n) is 9.57. The molecule has 6 rings (SSSR count). The summed E-state index contributed by atoms with van der Waals surface area (Å²) in [5.74, 6) is -5.04.